The van der Waals surface area contributed by atoms with Gasteiger partial charge in [-0.05, 0) is 42.0 Å². The number of aromatic nitrogens is 2. The molecule has 2 heterocycles. The number of pyridine rings is 2. The van der Waals surface area contributed by atoms with Crippen molar-refractivity contribution < 1.29 is 9.59 Å². The summed E-state index contributed by atoms with van der Waals surface area (Å²) in [6, 6.07) is 23.1. The van der Waals surface area contributed by atoms with E-state index in [9.17, 15) is 9.59 Å². The lowest BCUT2D eigenvalue weighted by atomic mass is 10.1. The van der Waals surface area contributed by atoms with Gasteiger partial charge in [0.05, 0.1) is 11.2 Å². The molecular weight excluding hydrogens is 388 g/mol. The van der Waals surface area contributed by atoms with Gasteiger partial charge < -0.3 is 10.2 Å². The number of hydrogen-bond donors (Lipinski definition) is 1. The molecule has 2 aromatic heterocycles. The summed E-state index contributed by atoms with van der Waals surface area (Å²) in [5.74, 6) is -0.582. The number of fused-ring (bicyclic) bond motifs is 1. The molecule has 1 unspecified atom stereocenters. The van der Waals surface area contributed by atoms with Crippen molar-refractivity contribution in [3.8, 4) is 0 Å². The van der Waals surface area contributed by atoms with Crippen LogP contribution in [0.5, 0.6) is 0 Å². The average molecular weight is 410 g/mol. The molecule has 0 saturated heterocycles. The third-order valence-electron chi connectivity index (χ3n) is 5.01. The van der Waals surface area contributed by atoms with E-state index in [1.807, 2.05) is 42.5 Å². The highest BCUT2D eigenvalue weighted by Crippen LogP contribution is 2.18. The van der Waals surface area contributed by atoms with E-state index < -0.39 is 6.04 Å². The van der Waals surface area contributed by atoms with Crippen molar-refractivity contribution in [3.05, 3.63) is 108 Å². The van der Waals surface area contributed by atoms with Crippen LogP contribution in [0.1, 0.15) is 27.7 Å². The van der Waals surface area contributed by atoms with Crippen LogP contribution in [0, 0.1) is 0 Å². The van der Waals surface area contributed by atoms with Gasteiger partial charge in [-0.25, -0.2) is 0 Å². The Labute approximate surface area is 180 Å². The summed E-state index contributed by atoms with van der Waals surface area (Å²) in [5.41, 5.74) is 2.76. The smallest absolute Gasteiger partial charge is 0.252 e. The number of carbonyl (C=O) groups excluding carboxylic acids is 2. The fourth-order valence-corrected chi connectivity index (χ4v) is 3.40. The summed E-state index contributed by atoms with van der Waals surface area (Å²) in [4.78, 5) is 36.5. The van der Waals surface area contributed by atoms with Crippen molar-refractivity contribution in [3.63, 3.8) is 0 Å². The molecule has 1 N–H and O–H groups in total. The van der Waals surface area contributed by atoms with Gasteiger partial charge in [-0.1, -0.05) is 42.5 Å². The molecule has 0 saturated carbocycles. The summed E-state index contributed by atoms with van der Waals surface area (Å²) < 4.78 is 0. The Hall–Kier alpha value is -4.06. The second-order valence-corrected chi connectivity index (χ2v) is 7.25. The summed E-state index contributed by atoms with van der Waals surface area (Å²) in [7, 11) is 1.72. The Morgan fingerprint density at radius 1 is 0.903 bits per heavy atom. The zero-order valence-electron chi connectivity index (χ0n) is 17.1. The van der Waals surface area contributed by atoms with Gasteiger partial charge in [0, 0.05) is 36.9 Å². The van der Waals surface area contributed by atoms with Gasteiger partial charge in [-0.3, -0.25) is 19.6 Å². The van der Waals surface area contributed by atoms with Crippen LogP contribution < -0.4 is 5.32 Å². The molecule has 1 atom stereocenters. The first kappa shape index (κ1) is 20.2. The molecule has 0 radical (unpaired) electrons. The van der Waals surface area contributed by atoms with Crippen LogP contribution in [0.25, 0.3) is 10.9 Å². The molecule has 2 aromatic carbocycles. The van der Waals surface area contributed by atoms with Gasteiger partial charge in [0.25, 0.3) is 11.8 Å². The van der Waals surface area contributed by atoms with Crippen molar-refractivity contribution in [1.29, 1.82) is 0 Å². The Balaban J connectivity index is 1.58. The predicted octanol–water partition coefficient (Wildman–Crippen LogP) is 3.76. The number of hydrogen-bond acceptors (Lipinski definition) is 4. The van der Waals surface area contributed by atoms with E-state index in [0.717, 1.165) is 16.5 Å². The first-order valence-electron chi connectivity index (χ1n) is 9.97. The van der Waals surface area contributed by atoms with E-state index in [-0.39, 0.29) is 11.8 Å². The van der Waals surface area contributed by atoms with E-state index in [2.05, 4.69) is 15.3 Å². The molecule has 0 aliphatic carbocycles. The molecule has 0 bridgehead atoms. The molecule has 0 aliphatic heterocycles. The second kappa shape index (κ2) is 9.17. The van der Waals surface area contributed by atoms with Crippen LogP contribution in [0.2, 0.25) is 0 Å². The second-order valence-electron chi connectivity index (χ2n) is 7.25. The fraction of sp³-hybridized carbons (Fsp3) is 0.120. The van der Waals surface area contributed by atoms with Gasteiger partial charge in [-0.15, -0.1) is 0 Å². The van der Waals surface area contributed by atoms with Gasteiger partial charge in [0.15, 0.2) is 6.04 Å². The topological polar surface area (TPSA) is 75.2 Å². The quantitative estimate of drug-likeness (QED) is 0.525. The maximum absolute atomic E-state index is 13.3. The minimum Gasteiger partial charge on any atom is -0.339 e. The molecule has 154 valence electrons. The van der Waals surface area contributed by atoms with Gasteiger partial charge in [0.1, 0.15) is 0 Å². The number of nitrogens with one attached hydrogen (secondary N) is 1. The Morgan fingerprint density at radius 3 is 2.45 bits per heavy atom. The van der Waals surface area contributed by atoms with Crippen LogP contribution in [-0.4, -0.2) is 33.7 Å². The lowest BCUT2D eigenvalue weighted by Crippen LogP contribution is -2.41. The average Bonchev–Trinajstić information content (AvgIpc) is 2.82. The van der Waals surface area contributed by atoms with Gasteiger partial charge >= 0.3 is 0 Å². The third-order valence-corrected chi connectivity index (χ3v) is 5.01. The highest BCUT2D eigenvalue weighted by atomic mass is 16.2. The van der Waals surface area contributed by atoms with Crippen LogP contribution in [0.3, 0.4) is 0 Å². The third kappa shape index (κ3) is 4.75. The Bertz CT molecular complexity index is 1200. The minimum atomic E-state index is -0.896. The lowest BCUT2D eigenvalue weighted by Gasteiger charge is -2.24. The molecule has 0 aliphatic rings. The van der Waals surface area contributed by atoms with Crippen molar-refractivity contribution in [2.24, 2.45) is 0 Å². The number of rotatable bonds is 6. The summed E-state index contributed by atoms with van der Waals surface area (Å²) >= 11 is 0. The maximum Gasteiger partial charge on any atom is 0.252 e. The van der Waals surface area contributed by atoms with E-state index in [1.54, 1.807) is 60.7 Å². The normalized spacial score (nSPS) is 11.6. The number of amides is 2. The lowest BCUT2D eigenvalue weighted by molar-refractivity contribution is -0.132. The standard InChI is InChI=1S/C25H22N4O2/c1-29(17-18-8-3-2-4-9-18)25(31)23(22-11-5-6-14-27-22)28-24(30)20-12-13-21-19(16-20)10-7-15-26-21/h2-16,23H,17H2,1H3,(H,28,30). The minimum absolute atomic E-state index is 0.238. The number of likely N-dealkylation sites (N-methyl/N-ethyl adjacent to an activating group) is 1. The SMILES string of the molecule is CN(Cc1ccccc1)C(=O)C(NC(=O)c1ccc2ncccc2c1)c1ccccn1. The predicted molar refractivity (Wildman–Crippen MR) is 119 cm³/mol. The summed E-state index contributed by atoms with van der Waals surface area (Å²) in [6.07, 6.45) is 3.32. The van der Waals surface area contributed by atoms with E-state index in [1.165, 1.54) is 0 Å². The fourth-order valence-electron chi connectivity index (χ4n) is 3.40. The van der Waals surface area contributed by atoms with Gasteiger partial charge in [-0.2, -0.15) is 0 Å². The zero-order valence-corrected chi connectivity index (χ0v) is 17.1. The summed E-state index contributed by atoms with van der Waals surface area (Å²) in [5, 5.41) is 3.73. The highest BCUT2D eigenvalue weighted by molar-refractivity contribution is 6.00. The molecule has 2 amide bonds. The maximum atomic E-state index is 13.3. The highest BCUT2D eigenvalue weighted by Gasteiger charge is 2.27. The number of carbonyl (C=O) groups is 2. The van der Waals surface area contributed by atoms with E-state index >= 15 is 0 Å². The Morgan fingerprint density at radius 2 is 1.68 bits per heavy atom. The van der Waals surface area contributed by atoms with Crippen molar-refractivity contribution in [2.45, 2.75) is 12.6 Å². The van der Waals surface area contributed by atoms with Crippen molar-refractivity contribution in [1.82, 2.24) is 20.2 Å². The van der Waals surface area contributed by atoms with Gasteiger partial charge in [0.2, 0.25) is 0 Å². The first-order chi connectivity index (χ1) is 15.1. The molecule has 6 heteroatoms. The molecule has 4 aromatic rings. The summed E-state index contributed by atoms with van der Waals surface area (Å²) in [6.45, 7) is 0.431. The molecule has 6 nitrogen and oxygen atoms in total. The molecular formula is C25H22N4O2. The molecule has 0 spiro atoms. The van der Waals surface area contributed by atoms with E-state index in [4.69, 9.17) is 0 Å². The first-order valence-corrected chi connectivity index (χ1v) is 9.97. The van der Waals surface area contributed by atoms with Crippen LogP contribution in [-0.2, 0) is 11.3 Å². The van der Waals surface area contributed by atoms with Crippen molar-refractivity contribution >= 4 is 22.7 Å². The van der Waals surface area contributed by atoms with Crippen LogP contribution >= 0.6 is 0 Å². The molecule has 0 fully saturated rings. The number of benzene rings is 2. The van der Waals surface area contributed by atoms with Crippen molar-refractivity contribution in [2.75, 3.05) is 7.05 Å². The van der Waals surface area contributed by atoms with Crippen LogP contribution in [0.15, 0.2) is 91.3 Å². The largest absolute Gasteiger partial charge is 0.339 e. The molecule has 4 rings (SSSR count). The monoisotopic (exact) mass is 410 g/mol. The van der Waals surface area contributed by atoms with Crippen LogP contribution in [0.4, 0.5) is 0 Å². The Kier molecular flexibility index (Phi) is 5.98. The molecule has 31 heavy (non-hydrogen) atoms. The number of nitrogens with zero attached hydrogens (tertiary/aromatic N) is 3. The zero-order chi connectivity index (χ0) is 21.6. The van der Waals surface area contributed by atoms with E-state index in [0.29, 0.717) is 17.8 Å².